The number of hydrogen-bond donors (Lipinski definition) is 0. The van der Waals surface area contributed by atoms with Crippen LogP contribution in [0.4, 0.5) is 0 Å². The predicted octanol–water partition coefficient (Wildman–Crippen LogP) is -0.349. The molecule has 0 aromatic heterocycles. The molecule has 0 aliphatic carbocycles. The molecule has 4 heteroatoms. The molecule has 2 rings (SSSR count). The molecule has 0 heterocycles. The Hall–Kier alpha value is -0.311. The van der Waals surface area contributed by atoms with Gasteiger partial charge < -0.3 is 0 Å². The maximum atomic E-state index is 11.3. The Morgan fingerprint density at radius 1 is 1.17 bits per heavy atom. The fourth-order valence-electron chi connectivity index (χ4n) is 1.77. The Balaban J connectivity index is 0.00000162. The van der Waals surface area contributed by atoms with E-state index in [0.29, 0.717) is 0 Å². The maximum Gasteiger partial charge on any atom is 1.00 e. The fraction of sp³-hybridized carbons (Fsp3) is 0.214. The van der Waals surface area contributed by atoms with E-state index >= 15 is 0 Å². The van der Waals surface area contributed by atoms with E-state index in [0.717, 1.165) is 22.1 Å². The monoisotopic (exact) mass is 316 g/mol. The fourth-order valence-corrected chi connectivity index (χ4v) is 2.06. The molecule has 0 radical (unpaired) electrons. The number of benzene rings is 2. The predicted molar refractivity (Wildman–Crippen MR) is 69.7 cm³/mol. The van der Waals surface area contributed by atoms with Crippen LogP contribution >= 0.6 is 0 Å². The minimum absolute atomic E-state index is 0. The van der Waals surface area contributed by atoms with Crippen LogP contribution in [0.25, 0.3) is 10.8 Å². The zero-order valence-electron chi connectivity index (χ0n) is 10.8. The van der Waals surface area contributed by atoms with Crippen molar-refractivity contribution < 1.29 is 39.1 Å². The molecule has 1 atom stereocenters. The maximum absolute atomic E-state index is 11.3. The summed E-state index contributed by atoms with van der Waals surface area (Å²) < 4.78 is 5.25. The van der Waals surface area contributed by atoms with Gasteiger partial charge >= 0.3 is 138 Å². The Kier molecular flexibility index (Phi) is 5.90. The van der Waals surface area contributed by atoms with Crippen LogP contribution in [-0.2, 0) is 4.79 Å². The van der Waals surface area contributed by atoms with Crippen molar-refractivity contribution in [2.45, 2.75) is 12.8 Å². The summed E-state index contributed by atoms with van der Waals surface area (Å²) in [4.78, 5) is 11.3. The zero-order chi connectivity index (χ0) is 12.4. The molecule has 2 aromatic rings. The summed E-state index contributed by atoms with van der Waals surface area (Å²) in [5.41, 5.74) is 1.03. The van der Waals surface area contributed by atoms with Gasteiger partial charge in [-0.1, -0.05) is 0 Å². The van der Waals surface area contributed by atoms with Crippen molar-refractivity contribution in [1.82, 2.24) is 0 Å². The Labute approximate surface area is 137 Å². The van der Waals surface area contributed by atoms with E-state index in [4.69, 9.17) is 4.74 Å². The summed E-state index contributed by atoms with van der Waals surface area (Å²) in [6, 6.07) is 12.0. The number of methoxy groups -OCH3 is 1. The van der Waals surface area contributed by atoms with E-state index in [9.17, 15) is 4.79 Å². The number of ether oxygens (including phenoxy) is 1. The first kappa shape index (κ1) is 15.7. The number of carbonyl (C=O) groups is 1. The molecule has 0 saturated carbocycles. The van der Waals surface area contributed by atoms with Crippen molar-refractivity contribution in [3.63, 3.8) is 0 Å². The molecule has 0 amide bonds. The second kappa shape index (κ2) is 6.74. The van der Waals surface area contributed by atoms with Crippen LogP contribution in [0.2, 0.25) is 0 Å². The molecule has 18 heavy (non-hydrogen) atoms. The third kappa shape index (κ3) is 3.37. The standard InChI is InChI=1S/C14H14O2Se.Na/c1-9(14(15)17)10-3-4-12-8-13(16-2)6-5-11(12)7-10;/h3-9H,1-2H3,(H,15,17);/q;+1/p-1/t9-;/m0./s1. The first-order chi connectivity index (χ1) is 8.11. The summed E-state index contributed by atoms with van der Waals surface area (Å²) in [6.07, 6.45) is 0. The van der Waals surface area contributed by atoms with Gasteiger partial charge in [0.1, 0.15) is 0 Å². The Morgan fingerprint density at radius 2 is 1.78 bits per heavy atom. The third-order valence-corrected chi connectivity index (χ3v) is 3.67. The van der Waals surface area contributed by atoms with Crippen LogP contribution in [0.1, 0.15) is 18.4 Å². The molecule has 0 N–H and O–H groups in total. The van der Waals surface area contributed by atoms with Crippen LogP contribution in [0, 0.1) is 0 Å². The Bertz CT molecular complexity index is 569. The molecular weight excluding hydrogens is 302 g/mol. The second-order valence-corrected chi connectivity index (χ2v) is 4.86. The molecule has 0 aliphatic rings. The van der Waals surface area contributed by atoms with Crippen molar-refractivity contribution in [2.75, 3.05) is 7.11 Å². The topological polar surface area (TPSA) is 26.3 Å². The van der Waals surface area contributed by atoms with Gasteiger partial charge in [-0.3, -0.25) is 0 Å². The molecule has 0 aliphatic heterocycles. The molecule has 0 saturated heterocycles. The quantitative estimate of drug-likeness (QED) is 0.724. The van der Waals surface area contributed by atoms with Crippen LogP contribution in [0.15, 0.2) is 36.4 Å². The van der Waals surface area contributed by atoms with Crippen LogP contribution in [0.5, 0.6) is 5.75 Å². The van der Waals surface area contributed by atoms with Gasteiger partial charge in [-0.25, -0.2) is 0 Å². The molecule has 0 fully saturated rings. The summed E-state index contributed by atoms with van der Waals surface area (Å²) in [5.74, 6) is 0.750. The number of hydrogen-bond acceptors (Lipinski definition) is 2. The summed E-state index contributed by atoms with van der Waals surface area (Å²) in [7, 11) is 1.66. The number of rotatable bonds is 3. The van der Waals surface area contributed by atoms with E-state index in [-0.39, 0.29) is 40.2 Å². The molecule has 0 unspecified atom stereocenters. The normalized spacial score (nSPS) is 11.7. The van der Waals surface area contributed by atoms with Crippen molar-refractivity contribution in [3.8, 4) is 5.75 Å². The van der Waals surface area contributed by atoms with Gasteiger partial charge in [0.05, 0.1) is 0 Å². The van der Waals surface area contributed by atoms with Crippen molar-refractivity contribution in [2.24, 2.45) is 0 Å². The number of carbonyl (C=O) groups excluding carboxylic acids is 1. The largest absolute Gasteiger partial charge is 1.00 e. The van der Waals surface area contributed by atoms with E-state index in [1.807, 2.05) is 37.3 Å². The average Bonchev–Trinajstić information content (AvgIpc) is 2.36. The number of fused-ring (bicyclic) bond motifs is 1. The van der Waals surface area contributed by atoms with Gasteiger partial charge in [-0.05, 0) is 0 Å². The summed E-state index contributed by atoms with van der Waals surface area (Å²) in [5, 5.41) is 2.24. The van der Waals surface area contributed by atoms with Crippen molar-refractivity contribution in [1.29, 1.82) is 0 Å². The third-order valence-electron chi connectivity index (χ3n) is 2.93. The Morgan fingerprint density at radius 3 is 2.39 bits per heavy atom. The average molecular weight is 315 g/mol. The minimum Gasteiger partial charge on any atom is 1.00 e. The van der Waals surface area contributed by atoms with Crippen LogP contribution in [-0.4, -0.2) is 27.8 Å². The van der Waals surface area contributed by atoms with Gasteiger partial charge in [-0.15, -0.1) is 0 Å². The zero-order valence-corrected chi connectivity index (χ0v) is 14.5. The second-order valence-electron chi connectivity index (χ2n) is 4.01. The molecule has 2 aromatic carbocycles. The van der Waals surface area contributed by atoms with E-state index in [1.165, 1.54) is 0 Å². The van der Waals surface area contributed by atoms with Crippen LogP contribution in [0.3, 0.4) is 0 Å². The van der Waals surface area contributed by atoms with Gasteiger partial charge in [0.25, 0.3) is 0 Å². The van der Waals surface area contributed by atoms with Crippen LogP contribution < -0.4 is 34.3 Å². The molecule has 0 spiro atoms. The first-order valence-electron chi connectivity index (χ1n) is 5.40. The van der Waals surface area contributed by atoms with Crippen molar-refractivity contribution >= 4 is 31.5 Å². The van der Waals surface area contributed by atoms with Gasteiger partial charge in [0.15, 0.2) is 0 Å². The van der Waals surface area contributed by atoms with E-state index < -0.39 is 0 Å². The minimum atomic E-state index is -0.0958. The molecular formula is C14H13NaO2Se. The van der Waals surface area contributed by atoms with E-state index in [2.05, 4.69) is 22.1 Å². The first-order valence-corrected chi connectivity index (χ1v) is 6.26. The van der Waals surface area contributed by atoms with E-state index in [1.54, 1.807) is 7.11 Å². The van der Waals surface area contributed by atoms with Gasteiger partial charge in [0.2, 0.25) is 0 Å². The van der Waals surface area contributed by atoms with Crippen molar-refractivity contribution in [3.05, 3.63) is 42.0 Å². The molecule has 2 nitrogen and oxygen atoms in total. The smallest absolute Gasteiger partial charge is 1.00 e. The van der Waals surface area contributed by atoms with Gasteiger partial charge in [0, 0.05) is 0 Å². The van der Waals surface area contributed by atoms with Gasteiger partial charge in [-0.2, -0.15) is 0 Å². The summed E-state index contributed by atoms with van der Waals surface area (Å²) >= 11 is 2.55. The molecule has 88 valence electrons. The summed E-state index contributed by atoms with van der Waals surface area (Å²) in [6.45, 7) is 1.91. The molecule has 0 bridgehead atoms. The SMILES string of the molecule is COc1ccc2cc([C@H](C)C(=O)[Se-])ccc2c1.[Na+].